The first-order valence-electron chi connectivity index (χ1n) is 6.00. The van der Waals surface area contributed by atoms with Crippen molar-refractivity contribution in [3.63, 3.8) is 0 Å². The molecule has 0 spiro atoms. The summed E-state index contributed by atoms with van der Waals surface area (Å²) < 4.78 is 0. The second kappa shape index (κ2) is 5.19. The number of amidine groups is 1. The third-order valence-corrected chi connectivity index (χ3v) is 3.61. The molecule has 2 aromatic rings. The molecule has 102 valence electrons. The summed E-state index contributed by atoms with van der Waals surface area (Å²) in [5, 5.41) is 14.0. The Morgan fingerprint density at radius 3 is 2.76 bits per heavy atom. The molecular weight excluding hydrogens is 286 g/mol. The molecule has 3 N–H and O–H groups in total. The Hall–Kier alpha value is -2.98. The summed E-state index contributed by atoms with van der Waals surface area (Å²) in [6, 6.07) is 9.11. The zero-order valence-corrected chi connectivity index (χ0v) is 11.5. The van der Waals surface area contributed by atoms with Gasteiger partial charge in [-0.25, -0.2) is 9.98 Å². The first kappa shape index (κ1) is 13.0. The standard InChI is InChI=1S/C14H9N5OS/c15-7-10(13(20)19-14-17-5-6-21-14)11-8-3-1-2-4-9(8)12(16)18-11/h1-6H,(H2,16,18)(H,17,19,20)/b11-10-. The van der Waals surface area contributed by atoms with Gasteiger partial charge in [0.25, 0.3) is 5.91 Å². The van der Waals surface area contributed by atoms with E-state index in [2.05, 4.69) is 15.3 Å². The van der Waals surface area contributed by atoms with Crippen LogP contribution in [0.3, 0.4) is 0 Å². The topological polar surface area (TPSA) is 104 Å². The number of carbonyl (C=O) groups excluding carboxylic acids is 1. The number of hydrogen-bond acceptors (Lipinski definition) is 6. The molecule has 1 aliphatic rings. The fraction of sp³-hybridized carbons (Fsp3) is 0. The summed E-state index contributed by atoms with van der Waals surface area (Å²) >= 11 is 1.27. The van der Waals surface area contributed by atoms with Crippen molar-refractivity contribution in [3.05, 3.63) is 52.5 Å². The number of fused-ring (bicyclic) bond motifs is 1. The van der Waals surface area contributed by atoms with Crippen LogP contribution in [-0.4, -0.2) is 16.7 Å². The average molecular weight is 295 g/mol. The molecule has 1 amide bonds. The van der Waals surface area contributed by atoms with Crippen LogP contribution in [0.15, 0.2) is 46.4 Å². The molecular formula is C14H9N5OS. The molecule has 0 saturated heterocycles. The van der Waals surface area contributed by atoms with Gasteiger partial charge < -0.3 is 5.73 Å². The van der Waals surface area contributed by atoms with E-state index in [0.29, 0.717) is 22.2 Å². The van der Waals surface area contributed by atoms with Gasteiger partial charge in [-0.05, 0) is 0 Å². The van der Waals surface area contributed by atoms with E-state index in [9.17, 15) is 10.1 Å². The number of nitriles is 1. The van der Waals surface area contributed by atoms with Crippen molar-refractivity contribution >= 4 is 33.9 Å². The molecule has 0 atom stereocenters. The molecule has 1 aromatic carbocycles. The van der Waals surface area contributed by atoms with Gasteiger partial charge in [0.05, 0.1) is 5.70 Å². The molecule has 0 radical (unpaired) electrons. The number of hydrogen-bond donors (Lipinski definition) is 2. The van der Waals surface area contributed by atoms with Crippen LogP contribution < -0.4 is 11.1 Å². The number of nitrogens with one attached hydrogen (secondary N) is 1. The second-order valence-electron chi connectivity index (χ2n) is 4.17. The fourth-order valence-electron chi connectivity index (χ4n) is 2.00. The summed E-state index contributed by atoms with van der Waals surface area (Å²) in [7, 11) is 0. The predicted octanol–water partition coefficient (Wildman–Crippen LogP) is 1.74. The zero-order valence-electron chi connectivity index (χ0n) is 10.7. The van der Waals surface area contributed by atoms with Gasteiger partial charge in [-0.15, -0.1) is 11.3 Å². The minimum atomic E-state index is -0.546. The molecule has 0 aliphatic carbocycles. The summed E-state index contributed by atoms with van der Waals surface area (Å²) in [6.07, 6.45) is 1.57. The van der Waals surface area contributed by atoms with Crippen LogP contribution >= 0.6 is 11.3 Å². The molecule has 2 heterocycles. The largest absolute Gasteiger partial charge is 0.383 e. The van der Waals surface area contributed by atoms with E-state index < -0.39 is 5.91 Å². The van der Waals surface area contributed by atoms with Crippen molar-refractivity contribution < 1.29 is 4.79 Å². The second-order valence-corrected chi connectivity index (χ2v) is 5.06. The molecule has 3 rings (SSSR count). The monoisotopic (exact) mass is 295 g/mol. The Morgan fingerprint density at radius 2 is 2.10 bits per heavy atom. The summed E-state index contributed by atoms with van der Waals surface area (Å²) in [4.78, 5) is 20.3. The van der Waals surface area contributed by atoms with Gasteiger partial charge >= 0.3 is 0 Å². The van der Waals surface area contributed by atoms with E-state index in [1.165, 1.54) is 11.3 Å². The highest BCUT2D eigenvalue weighted by molar-refractivity contribution is 7.13. The molecule has 1 aromatic heterocycles. The van der Waals surface area contributed by atoms with Crippen LogP contribution in [0.25, 0.3) is 5.70 Å². The van der Waals surface area contributed by atoms with Crippen LogP contribution in [0.1, 0.15) is 11.1 Å². The third-order valence-electron chi connectivity index (χ3n) is 2.92. The summed E-state index contributed by atoms with van der Waals surface area (Å²) in [6.45, 7) is 0. The molecule has 0 unspecified atom stereocenters. The Labute approximate surface area is 124 Å². The number of rotatable bonds is 2. The number of anilines is 1. The van der Waals surface area contributed by atoms with Crippen molar-refractivity contribution in [1.29, 1.82) is 5.26 Å². The van der Waals surface area contributed by atoms with E-state index >= 15 is 0 Å². The van der Waals surface area contributed by atoms with Crippen molar-refractivity contribution in [2.75, 3.05) is 5.32 Å². The highest BCUT2D eigenvalue weighted by Crippen LogP contribution is 2.30. The number of carbonyl (C=O) groups is 1. The van der Waals surface area contributed by atoms with Gasteiger partial charge in [0.1, 0.15) is 17.5 Å². The van der Waals surface area contributed by atoms with E-state index in [1.807, 2.05) is 12.1 Å². The average Bonchev–Trinajstić information content (AvgIpc) is 3.10. The maximum absolute atomic E-state index is 12.2. The first-order valence-corrected chi connectivity index (χ1v) is 6.88. The van der Waals surface area contributed by atoms with Crippen molar-refractivity contribution in [2.24, 2.45) is 10.7 Å². The number of amides is 1. The SMILES string of the molecule is N#C/C(C(=O)Nc1nccs1)=C1/N=C(N)c2ccccc21. The number of thiazole rings is 1. The maximum Gasteiger partial charge on any atom is 0.270 e. The number of aromatic nitrogens is 1. The fourth-order valence-corrected chi connectivity index (χ4v) is 2.52. The third kappa shape index (κ3) is 2.28. The number of aliphatic imine (C=N–C) groups is 1. The molecule has 0 bridgehead atoms. The van der Waals surface area contributed by atoms with E-state index in [1.54, 1.807) is 29.8 Å². The minimum absolute atomic E-state index is 0.0851. The normalized spacial score (nSPS) is 14.9. The van der Waals surface area contributed by atoms with Crippen molar-refractivity contribution in [1.82, 2.24) is 4.98 Å². The van der Waals surface area contributed by atoms with E-state index in [4.69, 9.17) is 5.73 Å². The van der Waals surface area contributed by atoms with Crippen LogP contribution in [0.5, 0.6) is 0 Å². The van der Waals surface area contributed by atoms with Gasteiger partial charge in [-0.2, -0.15) is 5.26 Å². The minimum Gasteiger partial charge on any atom is -0.383 e. The zero-order chi connectivity index (χ0) is 14.8. The van der Waals surface area contributed by atoms with Gasteiger partial charge in [0.15, 0.2) is 5.13 Å². The Morgan fingerprint density at radius 1 is 1.33 bits per heavy atom. The first-order chi connectivity index (χ1) is 10.2. The highest BCUT2D eigenvalue weighted by atomic mass is 32.1. The smallest absolute Gasteiger partial charge is 0.270 e. The van der Waals surface area contributed by atoms with Crippen molar-refractivity contribution in [3.8, 4) is 6.07 Å². The van der Waals surface area contributed by atoms with Gasteiger partial charge in [-0.1, -0.05) is 24.3 Å². The molecule has 7 heteroatoms. The molecule has 0 saturated carbocycles. The maximum atomic E-state index is 12.2. The molecule has 21 heavy (non-hydrogen) atoms. The van der Waals surface area contributed by atoms with Gasteiger partial charge in [0, 0.05) is 22.7 Å². The van der Waals surface area contributed by atoms with E-state index in [-0.39, 0.29) is 5.57 Å². The lowest BCUT2D eigenvalue weighted by atomic mass is 10.0. The predicted molar refractivity (Wildman–Crippen MR) is 80.4 cm³/mol. The summed E-state index contributed by atoms with van der Waals surface area (Å²) in [5.74, 6) is -0.244. The lowest BCUT2D eigenvalue weighted by Crippen LogP contribution is -2.14. The number of nitrogens with two attached hydrogens (primary N) is 1. The number of benzene rings is 1. The Bertz CT molecular complexity index is 814. The summed E-state index contributed by atoms with van der Waals surface area (Å²) in [5.41, 5.74) is 7.44. The van der Waals surface area contributed by atoms with Gasteiger partial charge in [-0.3, -0.25) is 10.1 Å². The molecule has 0 fully saturated rings. The lowest BCUT2D eigenvalue weighted by molar-refractivity contribution is -0.112. The van der Waals surface area contributed by atoms with Crippen molar-refractivity contribution in [2.45, 2.75) is 0 Å². The van der Waals surface area contributed by atoms with Gasteiger partial charge in [0.2, 0.25) is 0 Å². The Balaban J connectivity index is 2.04. The lowest BCUT2D eigenvalue weighted by Gasteiger charge is -2.03. The van der Waals surface area contributed by atoms with Crippen LogP contribution in [0.4, 0.5) is 5.13 Å². The Kier molecular flexibility index (Phi) is 3.22. The highest BCUT2D eigenvalue weighted by Gasteiger charge is 2.24. The van der Waals surface area contributed by atoms with Crippen LogP contribution in [-0.2, 0) is 4.79 Å². The quantitative estimate of drug-likeness (QED) is 0.650. The van der Waals surface area contributed by atoms with Crippen LogP contribution in [0.2, 0.25) is 0 Å². The van der Waals surface area contributed by atoms with Crippen LogP contribution in [0, 0.1) is 11.3 Å². The molecule has 1 aliphatic heterocycles. The molecule has 6 nitrogen and oxygen atoms in total. The number of nitrogens with zero attached hydrogens (tertiary/aromatic N) is 3. The van der Waals surface area contributed by atoms with E-state index in [0.717, 1.165) is 5.56 Å².